The molecule has 0 aliphatic carbocycles. The van der Waals surface area contributed by atoms with Crippen molar-refractivity contribution in [3.63, 3.8) is 0 Å². The van der Waals surface area contributed by atoms with Crippen LogP contribution in [0.25, 0.3) is 0 Å². The summed E-state index contributed by atoms with van der Waals surface area (Å²) in [5.74, 6) is -0.582. The molecule has 0 aliphatic heterocycles. The van der Waals surface area contributed by atoms with E-state index in [0.29, 0.717) is 12.4 Å². The lowest BCUT2D eigenvalue weighted by Gasteiger charge is -2.07. The Morgan fingerprint density at radius 1 is 1.35 bits per heavy atom. The molecule has 2 rings (SSSR count). The zero-order chi connectivity index (χ0) is 14.5. The molecule has 6 heteroatoms. The molecule has 6 nitrogen and oxygen atoms in total. The number of carbonyl (C=O) groups is 1. The fourth-order valence-corrected chi connectivity index (χ4v) is 1.85. The third-order valence-electron chi connectivity index (χ3n) is 2.92. The minimum atomic E-state index is -1.02. The first-order valence-electron chi connectivity index (χ1n) is 6.50. The molecule has 20 heavy (non-hydrogen) atoms. The van der Waals surface area contributed by atoms with E-state index in [1.165, 1.54) is 18.5 Å². The van der Waals surface area contributed by atoms with E-state index < -0.39 is 5.97 Å². The number of rotatable bonds is 6. The van der Waals surface area contributed by atoms with E-state index in [4.69, 9.17) is 9.84 Å². The molecule has 0 saturated carbocycles. The van der Waals surface area contributed by atoms with Crippen LogP contribution in [0.2, 0.25) is 0 Å². The van der Waals surface area contributed by atoms with Crippen molar-refractivity contribution in [2.24, 2.45) is 0 Å². The van der Waals surface area contributed by atoms with Gasteiger partial charge in [0.1, 0.15) is 12.4 Å². The number of aryl methyl sites for hydroxylation is 2. The van der Waals surface area contributed by atoms with E-state index in [0.717, 1.165) is 24.4 Å². The topological polar surface area (TPSA) is 77.2 Å². The van der Waals surface area contributed by atoms with Gasteiger partial charge in [0.25, 0.3) is 0 Å². The van der Waals surface area contributed by atoms with Crippen LogP contribution in [-0.4, -0.2) is 25.8 Å². The van der Waals surface area contributed by atoms with Gasteiger partial charge in [0, 0.05) is 12.7 Å². The van der Waals surface area contributed by atoms with Crippen LogP contribution in [0.15, 0.2) is 24.5 Å². The van der Waals surface area contributed by atoms with Crippen LogP contribution in [0, 0.1) is 0 Å². The number of aromatic nitrogens is 3. The normalized spacial score (nSPS) is 10.5. The first-order valence-corrected chi connectivity index (χ1v) is 6.50. The van der Waals surface area contributed by atoms with E-state index in [-0.39, 0.29) is 5.56 Å². The molecule has 0 amide bonds. The zero-order valence-corrected chi connectivity index (χ0v) is 11.5. The van der Waals surface area contributed by atoms with Gasteiger partial charge in [-0.05, 0) is 25.5 Å². The van der Waals surface area contributed by atoms with E-state index >= 15 is 0 Å². The van der Waals surface area contributed by atoms with Crippen LogP contribution in [0.4, 0.5) is 0 Å². The van der Waals surface area contributed by atoms with Gasteiger partial charge in [0.05, 0.1) is 23.1 Å². The van der Waals surface area contributed by atoms with Gasteiger partial charge in [0.2, 0.25) is 0 Å². The molecule has 0 bridgehead atoms. The Morgan fingerprint density at radius 3 is 2.80 bits per heavy atom. The lowest BCUT2D eigenvalue weighted by atomic mass is 10.3. The first kappa shape index (κ1) is 14.0. The smallest absolute Gasteiger partial charge is 0.337 e. The SMILES string of the molecule is CCc1cc(COc2cncc(C(=O)O)c2)n(CC)n1. The highest BCUT2D eigenvalue weighted by Gasteiger charge is 2.08. The quantitative estimate of drug-likeness (QED) is 0.874. The van der Waals surface area contributed by atoms with E-state index in [1.54, 1.807) is 0 Å². The van der Waals surface area contributed by atoms with Crippen molar-refractivity contribution in [2.45, 2.75) is 33.4 Å². The molecule has 106 valence electrons. The Hall–Kier alpha value is -2.37. The second-order valence-corrected chi connectivity index (χ2v) is 4.30. The molecule has 0 aliphatic rings. The largest absolute Gasteiger partial charge is 0.486 e. The molecule has 1 N–H and O–H groups in total. The lowest BCUT2D eigenvalue weighted by molar-refractivity contribution is 0.0696. The molecule has 0 aromatic carbocycles. The van der Waals surface area contributed by atoms with Gasteiger partial charge in [-0.25, -0.2) is 4.79 Å². The van der Waals surface area contributed by atoms with Gasteiger partial charge in [-0.2, -0.15) is 5.10 Å². The standard InChI is InChI=1S/C14H17N3O3/c1-3-11-6-12(17(4-2)16-11)9-20-13-5-10(14(18)19)7-15-8-13/h5-8H,3-4,9H2,1-2H3,(H,18,19). The van der Waals surface area contributed by atoms with Gasteiger partial charge < -0.3 is 9.84 Å². The van der Waals surface area contributed by atoms with Crippen LogP contribution < -0.4 is 4.74 Å². The first-order chi connectivity index (χ1) is 9.63. The van der Waals surface area contributed by atoms with Crippen molar-refractivity contribution in [1.82, 2.24) is 14.8 Å². The Bertz CT molecular complexity index is 607. The van der Waals surface area contributed by atoms with Crippen molar-refractivity contribution in [2.75, 3.05) is 0 Å². The summed E-state index contributed by atoms with van der Waals surface area (Å²) in [6.07, 6.45) is 3.66. The minimum absolute atomic E-state index is 0.112. The zero-order valence-electron chi connectivity index (χ0n) is 11.5. The summed E-state index contributed by atoms with van der Waals surface area (Å²) >= 11 is 0. The Balaban J connectivity index is 2.10. The molecule has 2 heterocycles. The maximum atomic E-state index is 10.9. The van der Waals surface area contributed by atoms with Gasteiger partial charge in [-0.15, -0.1) is 0 Å². The highest BCUT2D eigenvalue weighted by Crippen LogP contribution is 2.14. The highest BCUT2D eigenvalue weighted by atomic mass is 16.5. The molecular weight excluding hydrogens is 258 g/mol. The Morgan fingerprint density at radius 2 is 2.15 bits per heavy atom. The van der Waals surface area contributed by atoms with Crippen molar-refractivity contribution >= 4 is 5.97 Å². The summed E-state index contributed by atoms with van der Waals surface area (Å²) in [6, 6.07) is 3.46. The molecule has 0 fully saturated rings. The fourth-order valence-electron chi connectivity index (χ4n) is 1.85. The highest BCUT2D eigenvalue weighted by molar-refractivity contribution is 5.87. The van der Waals surface area contributed by atoms with Crippen LogP contribution in [0.5, 0.6) is 5.75 Å². The predicted octanol–water partition coefficient (Wildman–Crippen LogP) is 2.14. The van der Waals surface area contributed by atoms with Gasteiger partial charge in [-0.1, -0.05) is 6.92 Å². The third-order valence-corrected chi connectivity index (χ3v) is 2.92. The number of aromatic carboxylic acids is 1. The maximum Gasteiger partial charge on any atom is 0.337 e. The van der Waals surface area contributed by atoms with Crippen LogP contribution in [0.1, 0.15) is 35.6 Å². The Kier molecular flexibility index (Phi) is 4.34. The van der Waals surface area contributed by atoms with Gasteiger partial charge >= 0.3 is 5.97 Å². The second kappa shape index (κ2) is 6.18. The summed E-state index contributed by atoms with van der Waals surface area (Å²) in [4.78, 5) is 14.7. The monoisotopic (exact) mass is 275 g/mol. The fraction of sp³-hybridized carbons (Fsp3) is 0.357. The molecule has 2 aromatic rings. The summed E-state index contributed by atoms with van der Waals surface area (Å²) in [7, 11) is 0. The molecule has 0 atom stereocenters. The second-order valence-electron chi connectivity index (χ2n) is 4.30. The Labute approximate surface area is 117 Å². The third kappa shape index (κ3) is 3.14. The summed E-state index contributed by atoms with van der Waals surface area (Å²) < 4.78 is 7.48. The van der Waals surface area contributed by atoms with E-state index in [1.807, 2.05) is 24.6 Å². The van der Waals surface area contributed by atoms with Crippen LogP contribution in [0.3, 0.4) is 0 Å². The summed E-state index contributed by atoms with van der Waals surface area (Å²) in [5.41, 5.74) is 2.09. The van der Waals surface area contributed by atoms with Crippen molar-refractivity contribution in [1.29, 1.82) is 0 Å². The number of nitrogens with zero attached hydrogens (tertiary/aromatic N) is 3. The summed E-state index contributed by atoms with van der Waals surface area (Å²) in [6.45, 7) is 5.17. The number of hydrogen-bond acceptors (Lipinski definition) is 4. The molecule has 0 spiro atoms. The van der Waals surface area contributed by atoms with E-state index in [9.17, 15) is 4.79 Å². The van der Waals surface area contributed by atoms with Crippen molar-refractivity contribution < 1.29 is 14.6 Å². The number of ether oxygens (including phenoxy) is 1. The van der Waals surface area contributed by atoms with Crippen molar-refractivity contribution in [3.05, 3.63) is 41.5 Å². The molecule has 2 aromatic heterocycles. The van der Waals surface area contributed by atoms with Gasteiger partial charge in [0.15, 0.2) is 0 Å². The summed E-state index contributed by atoms with van der Waals surface area (Å²) in [5, 5.41) is 13.3. The molecule has 0 unspecified atom stereocenters. The van der Waals surface area contributed by atoms with Gasteiger partial charge in [-0.3, -0.25) is 9.67 Å². The average molecular weight is 275 g/mol. The van der Waals surface area contributed by atoms with E-state index in [2.05, 4.69) is 10.1 Å². The number of hydrogen-bond donors (Lipinski definition) is 1. The number of carboxylic acids is 1. The maximum absolute atomic E-state index is 10.9. The van der Waals surface area contributed by atoms with Crippen LogP contribution in [-0.2, 0) is 19.6 Å². The van der Waals surface area contributed by atoms with Crippen LogP contribution >= 0.6 is 0 Å². The molecular formula is C14H17N3O3. The number of carboxylic acid groups (broad SMARTS) is 1. The lowest BCUT2D eigenvalue weighted by Crippen LogP contribution is -2.06. The molecule has 0 saturated heterocycles. The minimum Gasteiger partial charge on any atom is -0.486 e. The van der Waals surface area contributed by atoms with Crippen molar-refractivity contribution in [3.8, 4) is 5.75 Å². The predicted molar refractivity (Wildman–Crippen MR) is 72.8 cm³/mol. The number of pyridine rings is 1. The molecule has 0 radical (unpaired) electrons. The average Bonchev–Trinajstić information content (AvgIpc) is 2.88.